The summed E-state index contributed by atoms with van der Waals surface area (Å²) in [5.74, 6) is -0.234. The van der Waals surface area contributed by atoms with Gasteiger partial charge in [-0.15, -0.1) is 0 Å². The molecule has 2 heterocycles. The van der Waals surface area contributed by atoms with Crippen LogP contribution in [0.4, 0.5) is 0 Å². The van der Waals surface area contributed by atoms with Crippen LogP contribution in [-0.2, 0) is 21.2 Å². The molecule has 7 heteroatoms. The van der Waals surface area contributed by atoms with Crippen LogP contribution >= 0.6 is 0 Å². The Kier molecular flexibility index (Phi) is 3.62. The van der Waals surface area contributed by atoms with E-state index in [4.69, 9.17) is 9.84 Å². The SMILES string of the molecule is O=C(O)CC1CCCN1S(=O)(=O)c1ccc2c(c1)CCO2. The van der Waals surface area contributed by atoms with Gasteiger partial charge < -0.3 is 9.84 Å². The summed E-state index contributed by atoms with van der Waals surface area (Å²) in [4.78, 5) is 11.1. The average Bonchev–Trinajstić information content (AvgIpc) is 3.05. The lowest BCUT2D eigenvalue weighted by Crippen LogP contribution is -2.36. The molecule has 0 radical (unpaired) electrons. The summed E-state index contributed by atoms with van der Waals surface area (Å²) >= 11 is 0. The number of aliphatic carboxylic acids is 1. The van der Waals surface area contributed by atoms with E-state index in [1.807, 2.05) is 0 Å². The van der Waals surface area contributed by atoms with Gasteiger partial charge in [0.15, 0.2) is 0 Å². The number of hydrogen-bond acceptors (Lipinski definition) is 4. The van der Waals surface area contributed by atoms with Crippen LogP contribution in [0.1, 0.15) is 24.8 Å². The predicted octanol–water partition coefficient (Wildman–Crippen LogP) is 1.25. The first-order valence-electron chi connectivity index (χ1n) is 6.98. The van der Waals surface area contributed by atoms with Crippen molar-refractivity contribution in [3.8, 4) is 5.75 Å². The fraction of sp³-hybridized carbons (Fsp3) is 0.500. The fourth-order valence-electron chi connectivity index (χ4n) is 2.99. The molecule has 1 atom stereocenters. The number of rotatable bonds is 4. The highest BCUT2D eigenvalue weighted by Gasteiger charge is 2.36. The molecule has 1 N–H and O–H groups in total. The summed E-state index contributed by atoms with van der Waals surface area (Å²) in [6, 6.07) is 4.41. The van der Waals surface area contributed by atoms with E-state index in [0.29, 0.717) is 32.4 Å². The standard InChI is InChI=1S/C14H17NO5S/c16-14(17)9-11-2-1-6-15(11)21(18,19)12-3-4-13-10(8-12)5-7-20-13/h3-4,8,11H,1-2,5-7,9H2,(H,16,17). The van der Waals surface area contributed by atoms with Crippen molar-refractivity contribution in [1.29, 1.82) is 0 Å². The molecule has 2 aliphatic rings. The Morgan fingerprint density at radius 3 is 3.00 bits per heavy atom. The summed E-state index contributed by atoms with van der Waals surface area (Å²) in [7, 11) is -3.64. The Morgan fingerprint density at radius 2 is 2.24 bits per heavy atom. The molecule has 0 saturated carbocycles. The van der Waals surface area contributed by atoms with Gasteiger partial charge >= 0.3 is 5.97 Å². The maximum absolute atomic E-state index is 12.7. The van der Waals surface area contributed by atoms with Crippen molar-refractivity contribution in [3.63, 3.8) is 0 Å². The number of carbonyl (C=O) groups is 1. The summed E-state index contributed by atoms with van der Waals surface area (Å²) in [5.41, 5.74) is 0.894. The molecule has 0 amide bonds. The van der Waals surface area contributed by atoms with Crippen LogP contribution in [0, 0.1) is 0 Å². The zero-order valence-electron chi connectivity index (χ0n) is 11.5. The minimum Gasteiger partial charge on any atom is -0.493 e. The lowest BCUT2D eigenvalue weighted by molar-refractivity contribution is -0.137. The van der Waals surface area contributed by atoms with Crippen LogP contribution < -0.4 is 4.74 Å². The van der Waals surface area contributed by atoms with Crippen molar-refractivity contribution in [1.82, 2.24) is 4.31 Å². The third-order valence-electron chi connectivity index (χ3n) is 4.00. The van der Waals surface area contributed by atoms with Crippen molar-refractivity contribution < 1.29 is 23.1 Å². The highest BCUT2D eigenvalue weighted by molar-refractivity contribution is 7.89. The van der Waals surface area contributed by atoms with Gasteiger partial charge in [0.2, 0.25) is 10.0 Å². The molecule has 3 rings (SSSR count). The minimum atomic E-state index is -3.64. The van der Waals surface area contributed by atoms with E-state index in [1.54, 1.807) is 12.1 Å². The van der Waals surface area contributed by atoms with Crippen LogP contribution in [0.2, 0.25) is 0 Å². The quantitative estimate of drug-likeness (QED) is 0.904. The van der Waals surface area contributed by atoms with Gasteiger partial charge in [-0.2, -0.15) is 4.31 Å². The topological polar surface area (TPSA) is 83.9 Å². The second-order valence-corrected chi connectivity index (χ2v) is 7.27. The molecule has 0 aromatic heterocycles. The molecule has 1 aromatic carbocycles. The van der Waals surface area contributed by atoms with Crippen LogP contribution in [0.25, 0.3) is 0 Å². The first kappa shape index (κ1) is 14.3. The van der Waals surface area contributed by atoms with E-state index in [9.17, 15) is 13.2 Å². The van der Waals surface area contributed by atoms with Crippen molar-refractivity contribution >= 4 is 16.0 Å². The van der Waals surface area contributed by atoms with E-state index in [2.05, 4.69) is 0 Å². The largest absolute Gasteiger partial charge is 0.493 e. The lowest BCUT2D eigenvalue weighted by atomic mass is 10.2. The van der Waals surface area contributed by atoms with Gasteiger partial charge in [0.25, 0.3) is 0 Å². The molecule has 1 saturated heterocycles. The number of benzene rings is 1. The Labute approximate surface area is 123 Å². The molecule has 2 aliphatic heterocycles. The van der Waals surface area contributed by atoms with Gasteiger partial charge in [-0.05, 0) is 36.6 Å². The maximum Gasteiger partial charge on any atom is 0.304 e. The number of sulfonamides is 1. The van der Waals surface area contributed by atoms with Gasteiger partial charge in [0, 0.05) is 19.0 Å². The summed E-state index contributed by atoms with van der Waals surface area (Å²) in [6.07, 6.45) is 1.86. The molecular formula is C14H17NO5S. The van der Waals surface area contributed by atoms with Gasteiger partial charge in [-0.3, -0.25) is 4.79 Å². The van der Waals surface area contributed by atoms with Crippen LogP contribution in [-0.4, -0.2) is 43.0 Å². The molecule has 0 bridgehead atoms. The maximum atomic E-state index is 12.7. The van der Waals surface area contributed by atoms with Crippen molar-refractivity contribution in [2.45, 2.75) is 36.6 Å². The Balaban J connectivity index is 1.91. The van der Waals surface area contributed by atoms with Crippen LogP contribution in [0.3, 0.4) is 0 Å². The minimum absolute atomic E-state index is 0.146. The lowest BCUT2D eigenvalue weighted by Gasteiger charge is -2.23. The average molecular weight is 311 g/mol. The van der Waals surface area contributed by atoms with Gasteiger partial charge in [-0.25, -0.2) is 8.42 Å². The molecule has 1 fully saturated rings. The smallest absolute Gasteiger partial charge is 0.304 e. The molecule has 0 spiro atoms. The molecule has 1 unspecified atom stereocenters. The molecule has 114 valence electrons. The zero-order chi connectivity index (χ0) is 15.0. The number of ether oxygens (including phenoxy) is 1. The Hall–Kier alpha value is -1.60. The predicted molar refractivity (Wildman–Crippen MR) is 74.8 cm³/mol. The molecule has 6 nitrogen and oxygen atoms in total. The van der Waals surface area contributed by atoms with E-state index in [1.165, 1.54) is 10.4 Å². The van der Waals surface area contributed by atoms with E-state index < -0.39 is 22.0 Å². The van der Waals surface area contributed by atoms with Crippen molar-refractivity contribution in [3.05, 3.63) is 23.8 Å². The molecule has 1 aromatic rings. The molecule has 0 aliphatic carbocycles. The zero-order valence-corrected chi connectivity index (χ0v) is 12.3. The molecule has 21 heavy (non-hydrogen) atoms. The molecular weight excluding hydrogens is 294 g/mol. The third kappa shape index (κ3) is 2.63. The van der Waals surface area contributed by atoms with Crippen molar-refractivity contribution in [2.75, 3.05) is 13.2 Å². The second-order valence-electron chi connectivity index (χ2n) is 5.38. The number of carboxylic acid groups (broad SMARTS) is 1. The number of carboxylic acids is 1. The first-order chi connectivity index (χ1) is 9.98. The van der Waals surface area contributed by atoms with Gasteiger partial charge in [-0.1, -0.05) is 0 Å². The summed E-state index contributed by atoms with van der Waals surface area (Å²) in [6.45, 7) is 0.956. The van der Waals surface area contributed by atoms with Crippen LogP contribution in [0.5, 0.6) is 5.75 Å². The van der Waals surface area contributed by atoms with Crippen LogP contribution in [0.15, 0.2) is 23.1 Å². The summed E-state index contributed by atoms with van der Waals surface area (Å²) in [5, 5.41) is 8.92. The first-order valence-corrected chi connectivity index (χ1v) is 8.42. The van der Waals surface area contributed by atoms with E-state index >= 15 is 0 Å². The second kappa shape index (κ2) is 5.31. The Morgan fingerprint density at radius 1 is 1.43 bits per heavy atom. The highest BCUT2D eigenvalue weighted by Crippen LogP contribution is 2.32. The van der Waals surface area contributed by atoms with Gasteiger partial charge in [0.05, 0.1) is 17.9 Å². The fourth-order valence-corrected chi connectivity index (χ4v) is 4.73. The number of nitrogens with zero attached hydrogens (tertiary/aromatic N) is 1. The van der Waals surface area contributed by atoms with E-state index in [-0.39, 0.29) is 11.3 Å². The number of hydrogen-bond donors (Lipinski definition) is 1. The van der Waals surface area contributed by atoms with Crippen molar-refractivity contribution in [2.24, 2.45) is 0 Å². The van der Waals surface area contributed by atoms with Gasteiger partial charge in [0.1, 0.15) is 5.75 Å². The number of fused-ring (bicyclic) bond motifs is 1. The Bertz CT molecular complexity index is 670. The highest BCUT2D eigenvalue weighted by atomic mass is 32.2. The normalized spacial score (nSPS) is 22.0. The third-order valence-corrected chi connectivity index (χ3v) is 5.95. The summed E-state index contributed by atoms with van der Waals surface area (Å²) < 4.78 is 32.1. The van der Waals surface area contributed by atoms with E-state index in [0.717, 1.165) is 11.3 Å². The monoisotopic (exact) mass is 311 g/mol.